The predicted octanol–water partition coefficient (Wildman–Crippen LogP) is 2.46. The molecule has 0 saturated carbocycles. The monoisotopic (exact) mass is 465 g/mol. The normalized spacial score (nSPS) is 16.0. The van der Waals surface area contributed by atoms with Gasteiger partial charge in [-0.2, -0.15) is 5.26 Å². The summed E-state index contributed by atoms with van der Waals surface area (Å²) in [5, 5.41) is 10.4. The maximum Gasteiger partial charge on any atom is 0.209 e. The quantitative estimate of drug-likeness (QED) is 0.545. The number of likely N-dealkylation sites (tertiary alicyclic amines) is 1. The fraction of sp³-hybridized carbons (Fsp3) is 0.409. The number of aromatic nitrogens is 4. The van der Waals surface area contributed by atoms with E-state index in [4.69, 9.17) is 20.2 Å². The van der Waals surface area contributed by atoms with Gasteiger partial charge in [-0.15, -0.1) is 0 Å². The molecule has 0 spiro atoms. The topological polar surface area (TPSA) is 132 Å². The summed E-state index contributed by atoms with van der Waals surface area (Å²) >= 11 is 1.38. The van der Waals surface area contributed by atoms with Crippen molar-refractivity contribution >= 4 is 35.2 Å². The van der Waals surface area contributed by atoms with E-state index in [1.807, 2.05) is 15.5 Å². The predicted molar refractivity (Wildman–Crippen MR) is 121 cm³/mol. The number of carbonyl (C=O) groups excluding carboxylic acids is 1. The van der Waals surface area contributed by atoms with Crippen molar-refractivity contribution < 1.29 is 14.3 Å². The molecule has 0 aliphatic carbocycles. The number of amides is 1. The molecule has 0 atom stereocenters. The van der Waals surface area contributed by atoms with Gasteiger partial charge in [-0.3, -0.25) is 4.79 Å². The SMILES string of the molecule is N#Cc1cc2c(cc1Sc1nc3c(N)ncnc3n1CCC1CCN(C=O)CC1)OCCO2. The van der Waals surface area contributed by atoms with Gasteiger partial charge in [-0.05, 0) is 31.2 Å². The first kappa shape index (κ1) is 21.3. The van der Waals surface area contributed by atoms with Gasteiger partial charge in [0.2, 0.25) is 6.41 Å². The number of piperidine rings is 1. The summed E-state index contributed by atoms with van der Waals surface area (Å²) < 4.78 is 13.4. The number of nitrogens with zero attached hydrogens (tertiary/aromatic N) is 6. The van der Waals surface area contributed by atoms with E-state index >= 15 is 0 Å². The average Bonchev–Trinajstić information content (AvgIpc) is 3.21. The van der Waals surface area contributed by atoms with E-state index in [-0.39, 0.29) is 0 Å². The van der Waals surface area contributed by atoms with E-state index in [1.54, 1.807) is 6.07 Å². The van der Waals surface area contributed by atoms with E-state index in [0.29, 0.717) is 64.9 Å². The number of nitriles is 1. The molecule has 4 heterocycles. The van der Waals surface area contributed by atoms with Gasteiger partial charge >= 0.3 is 0 Å². The largest absolute Gasteiger partial charge is 0.486 e. The minimum absolute atomic E-state index is 0.322. The zero-order chi connectivity index (χ0) is 22.8. The molecular weight excluding hydrogens is 442 g/mol. The Morgan fingerprint density at radius 1 is 1.21 bits per heavy atom. The van der Waals surface area contributed by atoms with Crippen molar-refractivity contribution in [3.05, 3.63) is 24.0 Å². The summed E-state index contributed by atoms with van der Waals surface area (Å²) in [4.78, 5) is 26.8. The molecular formula is C22H23N7O3S. The molecule has 2 aliphatic rings. The lowest BCUT2D eigenvalue weighted by molar-refractivity contribution is -0.119. The van der Waals surface area contributed by atoms with Crippen LogP contribution >= 0.6 is 11.8 Å². The van der Waals surface area contributed by atoms with Crippen molar-refractivity contribution in [3.8, 4) is 17.6 Å². The number of imidazole rings is 1. The molecule has 1 aromatic carbocycles. The Labute approximate surface area is 194 Å². The molecule has 170 valence electrons. The number of anilines is 1. The lowest BCUT2D eigenvalue weighted by Crippen LogP contribution is -2.32. The molecule has 0 bridgehead atoms. The molecule has 2 aliphatic heterocycles. The highest BCUT2D eigenvalue weighted by molar-refractivity contribution is 7.99. The van der Waals surface area contributed by atoms with Crippen LogP contribution in [0.3, 0.4) is 0 Å². The Hall–Kier alpha value is -3.52. The van der Waals surface area contributed by atoms with Crippen molar-refractivity contribution in [1.82, 2.24) is 24.4 Å². The van der Waals surface area contributed by atoms with Gasteiger partial charge in [0.05, 0.1) is 5.56 Å². The van der Waals surface area contributed by atoms with Crippen LogP contribution in [-0.4, -0.2) is 57.1 Å². The highest BCUT2D eigenvalue weighted by Crippen LogP contribution is 2.40. The standard InChI is InChI=1S/C22H23N7O3S/c23-11-15-9-16-17(32-8-7-31-16)10-18(15)33-22-27-19-20(24)25-12-26-21(19)29(22)6-3-14-1-4-28(13-30)5-2-14/h9-10,12-14H,1-8H2,(H2,24,25,26). The van der Waals surface area contributed by atoms with Gasteiger partial charge < -0.3 is 24.7 Å². The number of ether oxygens (including phenoxy) is 2. The van der Waals surface area contributed by atoms with E-state index in [2.05, 4.69) is 16.0 Å². The van der Waals surface area contributed by atoms with Gasteiger partial charge in [-0.1, -0.05) is 11.8 Å². The van der Waals surface area contributed by atoms with Crippen LogP contribution in [-0.2, 0) is 11.3 Å². The first-order valence-electron chi connectivity index (χ1n) is 10.8. The second-order valence-corrected chi connectivity index (χ2v) is 9.07. The van der Waals surface area contributed by atoms with Crippen molar-refractivity contribution in [2.24, 2.45) is 5.92 Å². The third-order valence-electron chi connectivity index (χ3n) is 6.05. The number of benzene rings is 1. The van der Waals surface area contributed by atoms with Crippen LogP contribution in [0.4, 0.5) is 5.82 Å². The lowest BCUT2D eigenvalue weighted by Gasteiger charge is -2.29. The summed E-state index contributed by atoms with van der Waals surface area (Å²) in [5.74, 6) is 2.03. The fourth-order valence-electron chi connectivity index (χ4n) is 4.21. The number of hydrogen-bond donors (Lipinski definition) is 1. The molecule has 33 heavy (non-hydrogen) atoms. The molecule has 3 aromatic rings. The molecule has 10 nitrogen and oxygen atoms in total. The van der Waals surface area contributed by atoms with Crippen LogP contribution in [0.25, 0.3) is 11.2 Å². The third-order valence-corrected chi connectivity index (χ3v) is 7.10. The molecule has 2 N–H and O–H groups in total. The van der Waals surface area contributed by atoms with E-state index in [9.17, 15) is 10.1 Å². The fourth-order valence-corrected chi connectivity index (χ4v) is 5.21. The summed E-state index contributed by atoms with van der Waals surface area (Å²) in [6.07, 6.45) is 5.26. The Morgan fingerprint density at radius 2 is 1.97 bits per heavy atom. The summed E-state index contributed by atoms with van der Waals surface area (Å²) in [6, 6.07) is 5.78. The first-order chi connectivity index (χ1) is 16.2. The Bertz CT molecular complexity index is 1230. The van der Waals surface area contributed by atoms with Gasteiger partial charge in [-0.25, -0.2) is 15.0 Å². The molecule has 1 saturated heterocycles. The molecule has 5 rings (SSSR count). The Kier molecular flexibility index (Phi) is 5.92. The number of hydrogen-bond acceptors (Lipinski definition) is 9. The van der Waals surface area contributed by atoms with Crippen LogP contribution in [0.2, 0.25) is 0 Å². The van der Waals surface area contributed by atoms with E-state index in [1.165, 1.54) is 18.1 Å². The minimum atomic E-state index is 0.322. The highest BCUT2D eigenvalue weighted by Gasteiger charge is 2.23. The number of fused-ring (bicyclic) bond motifs is 2. The zero-order valence-corrected chi connectivity index (χ0v) is 18.8. The second-order valence-electron chi connectivity index (χ2n) is 8.06. The molecule has 1 amide bonds. The Balaban J connectivity index is 1.45. The van der Waals surface area contributed by atoms with Crippen molar-refractivity contribution in [3.63, 3.8) is 0 Å². The maximum absolute atomic E-state index is 11.0. The second kappa shape index (κ2) is 9.15. The van der Waals surface area contributed by atoms with Crippen molar-refractivity contribution in [1.29, 1.82) is 5.26 Å². The summed E-state index contributed by atoms with van der Waals surface area (Å²) in [6.45, 7) is 3.21. The van der Waals surface area contributed by atoms with E-state index < -0.39 is 0 Å². The summed E-state index contributed by atoms with van der Waals surface area (Å²) in [5.41, 5.74) is 7.79. The minimum Gasteiger partial charge on any atom is -0.486 e. The number of nitrogen functional groups attached to an aromatic ring is 1. The van der Waals surface area contributed by atoms with Crippen LogP contribution in [0.5, 0.6) is 11.5 Å². The third kappa shape index (κ3) is 4.26. The smallest absolute Gasteiger partial charge is 0.209 e. The van der Waals surface area contributed by atoms with E-state index in [0.717, 1.165) is 43.7 Å². The van der Waals surface area contributed by atoms with Crippen LogP contribution in [0.15, 0.2) is 28.5 Å². The van der Waals surface area contributed by atoms with Gasteiger partial charge in [0.25, 0.3) is 0 Å². The van der Waals surface area contributed by atoms with Crippen LogP contribution in [0, 0.1) is 17.2 Å². The van der Waals surface area contributed by atoms with Gasteiger partial charge in [0.15, 0.2) is 33.6 Å². The first-order valence-corrected chi connectivity index (χ1v) is 11.7. The maximum atomic E-state index is 11.0. The number of carbonyl (C=O) groups is 1. The average molecular weight is 466 g/mol. The molecule has 0 radical (unpaired) electrons. The van der Waals surface area contributed by atoms with Crippen molar-refractivity contribution in [2.45, 2.75) is 35.9 Å². The zero-order valence-electron chi connectivity index (χ0n) is 17.9. The molecule has 2 aromatic heterocycles. The highest BCUT2D eigenvalue weighted by atomic mass is 32.2. The molecule has 1 fully saturated rings. The Morgan fingerprint density at radius 3 is 2.70 bits per heavy atom. The van der Waals surface area contributed by atoms with Crippen LogP contribution < -0.4 is 15.2 Å². The van der Waals surface area contributed by atoms with Gasteiger partial charge in [0, 0.05) is 30.6 Å². The van der Waals surface area contributed by atoms with Crippen LogP contribution in [0.1, 0.15) is 24.8 Å². The number of rotatable bonds is 6. The lowest BCUT2D eigenvalue weighted by atomic mass is 9.94. The van der Waals surface area contributed by atoms with Gasteiger partial charge in [0.1, 0.15) is 25.6 Å². The number of nitrogens with two attached hydrogens (primary N) is 1. The summed E-state index contributed by atoms with van der Waals surface area (Å²) in [7, 11) is 0. The number of aryl methyl sites for hydroxylation is 1. The molecule has 11 heteroatoms. The van der Waals surface area contributed by atoms with Crippen molar-refractivity contribution in [2.75, 3.05) is 32.0 Å². The molecule has 0 unspecified atom stereocenters.